The fourth-order valence-corrected chi connectivity index (χ4v) is 4.23. The van der Waals surface area contributed by atoms with Crippen LogP contribution in [0.1, 0.15) is 32.3 Å². The Morgan fingerprint density at radius 2 is 1.90 bits per heavy atom. The molecule has 1 rings (SSSR count). The maximum atomic E-state index is 13.6. The van der Waals surface area contributed by atoms with Crippen molar-refractivity contribution in [1.29, 1.82) is 0 Å². The molecule has 5 nitrogen and oxygen atoms in total. The molecule has 0 radical (unpaired) electrons. The van der Waals surface area contributed by atoms with Gasteiger partial charge in [0, 0.05) is 12.6 Å². The van der Waals surface area contributed by atoms with Crippen LogP contribution in [0.5, 0.6) is 0 Å². The highest BCUT2D eigenvalue weighted by Crippen LogP contribution is 2.26. The molecule has 0 fully saturated rings. The molecule has 0 unspecified atom stereocenters. The van der Waals surface area contributed by atoms with Crippen molar-refractivity contribution in [2.45, 2.75) is 44.6 Å². The molecule has 0 spiro atoms. The molecule has 0 aliphatic heterocycles. The molecule has 7 heteroatoms. The Morgan fingerprint density at radius 1 is 1.33 bits per heavy atom. The van der Waals surface area contributed by atoms with Gasteiger partial charge < -0.3 is 10.8 Å². The first kappa shape index (κ1) is 17.9. The van der Waals surface area contributed by atoms with Gasteiger partial charge in [-0.25, -0.2) is 12.8 Å². The van der Waals surface area contributed by atoms with Crippen LogP contribution in [-0.2, 0) is 10.0 Å². The van der Waals surface area contributed by atoms with Gasteiger partial charge in [-0.15, -0.1) is 0 Å². The summed E-state index contributed by atoms with van der Waals surface area (Å²) >= 11 is 0. The van der Waals surface area contributed by atoms with E-state index in [9.17, 15) is 12.8 Å². The number of sulfonamides is 1. The Labute approximate surface area is 125 Å². The largest absolute Gasteiger partial charge is 0.396 e. The van der Waals surface area contributed by atoms with E-state index in [0.29, 0.717) is 12.8 Å². The standard InChI is InChI=1S/C14H23FN2O3S/c1-4-11(5-2)17(6-7-18)21(19,20)12-8-10(3)14(15)13(16)9-12/h8-9,11,18H,4-7,16H2,1-3H3. The molecule has 3 N–H and O–H groups in total. The predicted molar refractivity (Wildman–Crippen MR) is 80.9 cm³/mol. The Morgan fingerprint density at radius 3 is 2.33 bits per heavy atom. The highest BCUT2D eigenvalue weighted by Gasteiger charge is 2.30. The summed E-state index contributed by atoms with van der Waals surface area (Å²) in [5.74, 6) is -0.606. The van der Waals surface area contributed by atoms with Crippen molar-refractivity contribution in [3.8, 4) is 0 Å². The Bertz CT molecular complexity index is 563. The number of nitrogens with zero attached hydrogens (tertiary/aromatic N) is 1. The number of nitrogens with two attached hydrogens (primary N) is 1. The van der Waals surface area contributed by atoms with E-state index in [1.165, 1.54) is 17.3 Å². The SMILES string of the molecule is CCC(CC)N(CCO)S(=O)(=O)c1cc(C)c(F)c(N)c1. The lowest BCUT2D eigenvalue weighted by Crippen LogP contribution is -2.41. The number of aliphatic hydroxyl groups is 1. The van der Waals surface area contributed by atoms with E-state index in [4.69, 9.17) is 10.8 Å². The molecule has 0 aliphatic carbocycles. The summed E-state index contributed by atoms with van der Waals surface area (Å²) in [6, 6.07) is 2.19. The van der Waals surface area contributed by atoms with E-state index in [1.807, 2.05) is 13.8 Å². The summed E-state index contributed by atoms with van der Waals surface area (Å²) in [5.41, 5.74) is 5.52. The molecule has 0 aromatic heterocycles. The van der Waals surface area contributed by atoms with E-state index in [0.717, 1.165) is 6.07 Å². The number of anilines is 1. The lowest BCUT2D eigenvalue weighted by molar-refractivity contribution is 0.219. The molecule has 0 heterocycles. The molecule has 0 aliphatic rings. The topological polar surface area (TPSA) is 83.6 Å². The number of rotatable bonds is 7. The lowest BCUT2D eigenvalue weighted by Gasteiger charge is -2.29. The van der Waals surface area contributed by atoms with Gasteiger partial charge in [0.1, 0.15) is 5.82 Å². The van der Waals surface area contributed by atoms with Crippen LogP contribution in [0.25, 0.3) is 0 Å². The van der Waals surface area contributed by atoms with Gasteiger partial charge in [-0.3, -0.25) is 0 Å². The molecular formula is C14H23FN2O3S. The van der Waals surface area contributed by atoms with E-state index in [2.05, 4.69) is 0 Å². The molecular weight excluding hydrogens is 295 g/mol. The average Bonchev–Trinajstić information content (AvgIpc) is 2.44. The third kappa shape index (κ3) is 3.72. The fraction of sp³-hybridized carbons (Fsp3) is 0.571. The first-order valence-corrected chi connectivity index (χ1v) is 8.41. The van der Waals surface area contributed by atoms with Crippen LogP contribution in [0.4, 0.5) is 10.1 Å². The number of hydrogen-bond acceptors (Lipinski definition) is 4. The van der Waals surface area contributed by atoms with Crippen molar-refractivity contribution >= 4 is 15.7 Å². The minimum Gasteiger partial charge on any atom is -0.396 e. The summed E-state index contributed by atoms with van der Waals surface area (Å²) in [6.07, 6.45) is 1.26. The van der Waals surface area contributed by atoms with Crippen molar-refractivity contribution in [3.63, 3.8) is 0 Å². The second kappa shape index (κ2) is 7.20. The van der Waals surface area contributed by atoms with Gasteiger partial charge in [0.25, 0.3) is 0 Å². The molecule has 0 atom stereocenters. The average molecular weight is 318 g/mol. The smallest absolute Gasteiger partial charge is 0.243 e. The van der Waals surface area contributed by atoms with Crippen LogP contribution in [0.15, 0.2) is 17.0 Å². The number of aryl methyl sites for hydroxylation is 1. The maximum absolute atomic E-state index is 13.6. The van der Waals surface area contributed by atoms with Gasteiger partial charge in [-0.2, -0.15) is 4.31 Å². The van der Waals surface area contributed by atoms with E-state index in [1.54, 1.807) is 0 Å². The third-order valence-electron chi connectivity index (χ3n) is 3.53. The second-order valence-corrected chi connectivity index (χ2v) is 6.84. The van der Waals surface area contributed by atoms with E-state index in [-0.39, 0.29) is 35.3 Å². The number of halogens is 1. The van der Waals surface area contributed by atoms with Crippen LogP contribution < -0.4 is 5.73 Å². The Balaban J connectivity index is 3.35. The molecule has 0 saturated carbocycles. The highest BCUT2D eigenvalue weighted by molar-refractivity contribution is 7.89. The fourth-order valence-electron chi connectivity index (χ4n) is 2.34. The molecule has 1 aromatic rings. The Hall–Kier alpha value is -1.18. The van der Waals surface area contributed by atoms with Gasteiger partial charge in [0.15, 0.2) is 0 Å². The summed E-state index contributed by atoms with van der Waals surface area (Å²) in [5, 5.41) is 9.15. The summed E-state index contributed by atoms with van der Waals surface area (Å²) in [4.78, 5) is -0.0424. The van der Waals surface area contributed by atoms with Gasteiger partial charge in [0.2, 0.25) is 10.0 Å². The minimum absolute atomic E-state index is 0.00497. The second-order valence-electron chi connectivity index (χ2n) is 4.95. The van der Waals surface area contributed by atoms with Crippen molar-refractivity contribution in [2.75, 3.05) is 18.9 Å². The third-order valence-corrected chi connectivity index (χ3v) is 5.46. The van der Waals surface area contributed by atoms with Crippen LogP contribution >= 0.6 is 0 Å². The summed E-state index contributed by atoms with van der Waals surface area (Å²) < 4.78 is 40.3. The van der Waals surface area contributed by atoms with Gasteiger partial charge in [-0.05, 0) is 37.5 Å². The van der Waals surface area contributed by atoms with Crippen LogP contribution in [0.3, 0.4) is 0 Å². The van der Waals surface area contributed by atoms with Crippen LogP contribution in [-0.4, -0.2) is 37.0 Å². The first-order chi connectivity index (χ1) is 9.79. The van der Waals surface area contributed by atoms with Crippen molar-refractivity contribution in [1.82, 2.24) is 4.31 Å². The molecule has 0 saturated heterocycles. The molecule has 120 valence electrons. The number of benzene rings is 1. The molecule has 1 aromatic carbocycles. The zero-order valence-electron chi connectivity index (χ0n) is 12.6. The molecule has 21 heavy (non-hydrogen) atoms. The van der Waals surface area contributed by atoms with Gasteiger partial charge in [-0.1, -0.05) is 13.8 Å². The zero-order valence-corrected chi connectivity index (χ0v) is 13.5. The highest BCUT2D eigenvalue weighted by atomic mass is 32.2. The van der Waals surface area contributed by atoms with Crippen molar-refractivity contribution < 1.29 is 17.9 Å². The number of nitrogen functional groups attached to an aromatic ring is 1. The van der Waals surface area contributed by atoms with Gasteiger partial charge in [0.05, 0.1) is 17.2 Å². The van der Waals surface area contributed by atoms with Gasteiger partial charge >= 0.3 is 0 Å². The molecule has 0 amide bonds. The summed E-state index contributed by atoms with van der Waals surface area (Å²) in [6.45, 7) is 4.98. The predicted octanol–water partition coefficient (Wildman–Crippen LogP) is 1.89. The number of hydrogen-bond donors (Lipinski definition) is 2. The van der Waals surface area contributed by atoms with Crippen molar-refractivity contribution in [2.24, 2.45) is 0 Å². The van der Waals surface area contributed by atoms with Crippen LogP contribution in [0, 0.1) is 12.7 Å². The summed E-state index contributed by atoms with van der Waals surface area (Å²) in [7, 11) is -3.82. The van der Waals surface area contributed by atoms with Crippen molar-refractivity contribution in [3.05, 3.63) is 23.5 Å². The molecule has 0 bridgehead atoms. The lowest BCUT2D eigenvalue weighted by atomic mass is 10.2. The minimum atomic E-state index is -3.82. The Kier molecular flexibility index (Phi) is 6.12. The maximum Gasteiger partial charge on any atom is 0.243 e. The monoisotopic (exact) mass is 318 g/mol. The number of aliphatic hydroxyl groups excluding tert-OH is 1. The quantitative estimate of drug-likeness (QED) is 0.752. The first-order valence-electron chi connectivity index (χ1n) is 6.97. The van der Waals surface area contributed by atoms with Crippen LogP contribution in [0.2, 0.25) is 0 Å². The normalized spacial score (nSPS) is 12.3. The zero-order chi connectivity index (χ0) is 16.2. The van der Waals surface area contributed by atoms with E-state index >= 15 is 0 Å². The van der Waals surface area contributed by atoms with E-state index < -0.39 is 15.8 Å².